The summed E-state index contributed by atoms with van der Waals surface area (Å²) in [5.41, 5.74) is 5.72. The molecule has 3 saturated carbocycles. The normalized spacial score (nSPS) is 27.0. The number of nitrogens with zero attached hydrogens (tertiary/aromatic N) is 3. The van der Waals surface area contributed by atoms with Crippen molar-refractivity contribution in [2.45, 2.75) is 89.6 Å². The summed E-state index contributed by atoms with van der Waals surface area (Å²) in [6, 6.07) is 3.99. The molecule has 1 aromatic carbocycles. The van der Waals surface area contributed by atoms with Crippen LogP contribution in [-0.2, 0) is 19.1 Å². The number of hydrogen-bond donors (Lipinski definition) is 3. The average molecular weight is 713 g/mol. The first-order valence-corrected chi connectivity index (χ1v) is 18.4. The van der Waals surface area contributed by atoms with Crippen LogP contribution in [0.1, 0.15) is 59.3 Å². The number of halogens is 1. The molecule has 4 N–H and O–H groups in total. The third-order valence-corrected chi connectivity index (χ3v) is 10.9. The van der Waals surface area contributed by atoms with Gasteiger partial charge in [-0.25, -0.2) is 9.78 Å². The van der Waals surface area contributed by atoms with Gasteiger partial charge in [-0.3, -0.25) is 14.5 Å². The monoisotopic (exact) mass is 712 g/mol. The Morgan fingerprint density at radius 2 is 1.80 bits per heavy atom. The molecule has 7 rings (SSSR count). The van der Waals surface area contributed by atoms with Gasteiger partial charge in [0.25, 0.3) is 0 Å². The Morgan fingerprint density at radius 1 is 1.06 bits per heavy atom. The van der Waals surface area contributed by atoms with E-state index in [0.717, 1.165) is 58.5 Å². The standard InChI is InChI=1S/C36H49ClN6O7/c1-36(2,3)32(41-35(46)50-23-15-20-14-21(20)16-23)34(45)43-19-24(17-26(43)33(38)44)49-28-18-29(39-22-4-5-22)40-31-25(28)6-7-27(30(31)37)48-13-10-42-8-11-47-12-9-42/h6-7,18,20-24,26,32H,4-5,8-17,19H2,1-3H3,(H2,38,44)(H,39,40)(H,41,46)/t20-,21+,23?,24?,26-,32+/m0/s1. The molecule has 3 heterocycles. The summed E-state index contributed by atoms with van der Waals surface area (Å²) in [6.45, 7) is 10.1. The Bertz CT molecular complexity index is 1600. The van der Waals surface area contributed by atoms with Crippen LogP contribution in [0.5, 0.6) is 11.5 Å². The van der Waals surface area contributed by atoms with Crippen molar-refractivity contribution < 1.29 is 33.3 Å². The molecule has 2 aromatic rings. The minimum absolute atomic E-state index is 0.105. The topological polar surface area (TPSA) is 158 Å². The lowest BCUT2D eigenvalue weighted by Gasteiger charge is -2.35. The van der Waals surface area contributed by atoms with Crippen molar-refractivity contribution in [2.24, 2.45) is 23.0 Å². The van der Waals surface area contributed by atoms with Crippen molar-refractivity contribution >= 4 is 46.2 Å². The summed E-state index contributed by atoms with van der Waals surface area (Å²) in [4.78, 5) is 48.4. The number of pyridine rings is 1. The van der Waals surface area contributed by atoms with Crippen molar-refractivity contribution in [3.8, 4) is 11.5 Å². The molecule has 2 unspecified atom stereocenters. The number of carbonyl (C=O) groups excluding carboxylic acids is 3. The molecule has 50 heavy (non-hydrogen) atoms. The lowest BCUT2D eigenvalue weighted by atomic mass is 9.85. The molecule has 3 aliphatic carbocycles. The van der Waals surface area contributed by atoms with Crippen molar-refractivity contribution in [2.75, 3.05) is 51.3 Å². The second-order valence-electron chi connectivity index (χ2n) is 15.6. The molecule has 14 heteroatoms. The molecule has 0 spiro atoms. The van der Waals surface area contributed by atoms with Crippen LogP contribution in [0.3, 0.4) is 0 Å². The van der Waals surface area contributed by atoms with Crippen LogP contribution in [0, 0.1) is 17.3 Å². The van der Waals surface area contributed by atoms with E-state index >= 15 is 0 Å². The largest absolute Gasteiger partial charge is 0.491 e. The zero-order chi connectivity index (χ0) is 35.2. The number of likely N-dealkylation sites (tertiary alicyclic amines) is 1. The van der Waals surface area contributed by atoms with E-state index in [1.54, 1.807) is 0 Å². The number of amides is 3. The fourth-order valence-electron chi connectivity index (χ4n) is 7.49. The lowest BCUT2D eigenvalue weighted by molar-refractivity contribution is -0.141. The molecule has 0 radical (unpaired) electrons. The van der Waals surface area contributed by atoms with E-state index in [-0.39, 0.29) is 19.1 Å². The molecule has 5 fully saturated rings. The van der Waals surface area contributed by atoms with E-state index in [1.165, 1.54) is 11.3 Å². The van der Waals surface area contributed by atoms with Crippen LogP contribution >= 0.6 is 11.6 Å². The van der Waals surface area contributed by atoms with Crippen molar-refractivity contribution in [1.82, 2.24) is 20.1 Å². The van der Waals surface area contributed by atoms with Crippen LogP contribution in [0.15, 0.2) is 18.2 Å². The lowest BCUT2D eigenvalue weighted by Crippen LogP contribution is -2.57. The van der Waals surface area contributed by atoms with Crippen LogP contribution in [0.25, 0.3) is 10.9 Å². The number of carbonyl (C=O) groups is 3. The molecule has 0 bridgehead atoms. The molecular weight excluding hydrogens is 664 g/mol. The third-order valence-electron chi connectivity index (χ3n) is 10.6. The highest BCUT2D eigenvalue weighted by atomic mass is 35.5. The number of aromatic nitrogens is 1. The first-order chi connectivity index (χ1) is 23.9. The fourth-order valence-corrected chi connectivity index (χ4v) is 7.75. The maximum atomic E-state index is 14.1. The van der Waals surface area contributed by atoms with Gasteiger partial charge in [0.1, 0.15) is 53.2 Å². The van der Waals surface area contributed by atoms with Crippen molar-refractivity contribution in [3.05, 3.63) is 23.2 Å². The number of hydrogen-bond acceptors (Lipinski definition) is 10. The highest BCUT2D eigenvalue weighted by Gasteiger charge is 2.48. The van der Waals surface area contributed by atoms with Crippen molar-refractivity contribution in [1.29, 1.82) is 0 Å². The Balaban J connectivity index is 1.07. The van der Waals surface area contributed by atoms with Gasteiger partial charge in [-0.1, -0.05) is 32.4 Å². The van der Waals surface area contributed by atoms with E-state index in [2.05, 4.69) is 15.5 Å². The van der Waals surface area contributed by atoms with Gasteiger partial charge in [-0.2, -0.15) is 0 Å². The summed E-state index contributed by atoms with van der Waals surface area (Å²) >= 11 is 6.92. The highest BCUT2D eigenvalue weighted by Crippen LogP contribution is 2.52. The van der Waals surface area contributed by atoms with Gasteiger partial charge in [0.05, 0.1) is 25.3 Å². The molecular formula is C36H49ClN6O7. The molecule has 2 saturated heterocycles. The third kappa shape index (κ3) is 8.00. The number of primary amides is 1. The Morgan fingerprint density at radius 3 is 2.48 bits per heavy atom. The Hall–Kier alpha value is -3.55. The number of nitrogens with one attached hydrogen (secondary N) is 2. The molecule has 13 nitrogen and oxygen atoms in total. The number of rotatable bonds is 12. The van der Waals surface area contributed by atoms with Crippen LogP contribution in [0.4, 0.5) is 10.6 Å². The number of nitrogens with two attached hydrogens (primary N) is 1. The van der Waals surface area contributed by atoms with Crippen LogP contribution in [-0.4, -0.2) is 109 Å². The zero-order valence-electron chi connectivity index (χ0n) is 29.1. The van der Waals surface area contributed by atoms with E-state index < -0.39 is 41.5 Å². The van der Waals surface area contributed by atoms with Gasteiger partial charge in [0, 0.05) is 43.5 Å². The van der Waals surface area contributed by atoms with Gasteiger partial charge < -0.3 is 40.2 Å². The summed E-state index contributed by atoms with van der Waals surface area (Å²) in [5, 5.41) is 7.32. The number of ether oxygens (including phenoxy) is 4. The predicted molar refractivity (Wildman–Crippen MR) is 187 cm³/mol. The van der Waals surface area contributed by atoms with Gasteiger partial charge in [-0.05, 0) is 61.5 Å². The summed E-state index contributed by atoms with van der Waals surface area (Å²) in [5.74, 6) is 1.94. The van der Waals surface area contributed by atoms with E-state index in [0.29, 0.717) is 57.7 Å². The molecule has 6 atom stereocenters. The number of morpholine rings is 1. The number of fused-ring (bicyclic) bond motifs is 2. The number of alkyl carbamates (subject to hydrolysis) is 1. The van der Waals surface area contributed by atoms with Gasteiger partial charge in [-0.15, -0.1) is 0 Å². The fraction of sp³-hybridized carbons (Fsp3) is 0.667. The summed E-state index contributed by atoms with van der Waals surface area (Å²) < 4.78 is 23.8. The first-order valence-electron chi connectivity index (χ1n) is 18.0. The molecule has 3 amide bonds. The number of benzene rings is 1. The predicted octanol–water partition coefficient (Wildman–Crippen LogP) is 3.95. The second-order valence-corrected chi connectivity index (χ2v) is 16.0. The molecule has 2 aliphatic heterocycles. The van der Waals surface area contributed by atoms with Crippen molar-refractivity contribution in [3.63, 3.8) is 0 Å². The summed E-state index contributed by atoms with van der Waals surface area (Å²) in [7, 11) is 0. The average Bonchev–Trinajstić information content (AvgIpc) is 3.95. The van der Waals surface area contributed by atoms with E-state index in [4.69, 9.17) is 41.3 Å². The quantitative estimate of drug-likeness (QED) is 0.295. The van der Waals surface area contributed by atoms with Crippen LogP contribution < -0.4 is 25.8 Å². The second kappa shape index (κ2) is 14.2. The summed E-state index contributed by atoms with van der Waals surface area (Å²) in [6.07, 6.45) is 3.94. The number of anilines is 1. The Kier molecular flexibility index (Phi) is 9.92. The smallest absolute Gasteiger partial charge is 0.408 e. The maximum Gasteiger partial charge on any atom is 0.408 e. The Labute approximate surface area is 297 Å². The van der Waals surface area contributed by atoms with Gasteiger partial charge in [0.2, 0.25) is 11.8 Å². The van der Waals surface area contributed by atoms with Crippen LogP contribution in [0.2, 0.25) is 5.02 Å². The van der Waals surface area contributed by atoms with E-state index in [9.17, 15) is 14.4 Å². The SMILES string of the molecule is CC(C)(C)[C@H](NC(=O)OC1C[C@@H]2C[C@@H]2C1)C(=O)N1CC(Oc2cc(NC3CC3)nc3c(Cl)c(OCCN4CCOCC4)ccc23)C[C@H]1C(N)=O. The van der Waals surface area contributed by atoms with E-state index in [1.807, 2.05) is 39.0 Å². The molecule has 1 aromatic heterocycles. The first kappa shape index (κ1) is 34.9. The molecule has 272 valence electrons. The minimum atomic E-state index is -0.942. The maximum absolute atomic E-state index is 14.1. The minimum Gasteiger partial charge on any atom is -0.491 e. The van der Waals surface area contributed by atoms with Gasteiger partial charge >= 0.3 is 6.09 Å². The van der Waals surface area contributed by atoms with Gasteiger partial charge in [0.15, 0.2) is 0 Å². The highest BCUT2D eigenvalue weighted by molar-refractivity contribution is 6.36. The molecule has 5 aliphatic rings. The zero-order valence-corrected chi connectivity index (χ0v) is 29.9.